The van der Waals surface area contributed by atoms with Gasteiger partial charge in [0.05, 0.1) is 0 Å². The predicted octanol–water partition coefficient (Wildman–Crippen LogP) is 7.14. The van der Waals surface area contributed by atoms with Gasteiger partial charge in [0, 0.05) is 19.8 Å². The summed E-state index contributed by atoms with van der Waals surface area (Å²) in [4.78, 5) is 0. The van der Waals surface area contributed by atoms with E-state index < -0.39 is 22.0 Å². The zero-order valence-corrected chi connectivity index (χ0v) is 22.0. The lowest BCUT2D eigenvalue weighted by Gasteiger charge is -2.28. The molecule has 0 N–H and O–H groups in total. The molecule has 1 fully saturated rings. The maximum atomic E-state index is 5.81. The van der Waals surface area contributed by atoms with Crippen molar-refractivity contribution >= 4 is 22.0 Å². The van der Waals surface area contributed by atoms with Gasteiger partial charge in [-0.25, -0.2) is 0 Å². The van der Waals surface area contributed by atoms with Crippen molar-refractivity contribution in [2.24, 2.45) is 0 Å². The van der Waals surface area contributed by atoms with Gasteiger partial charge in [0.25, 0.3) is 0 Å². The second kappa shape index (κ2) is 23.7. The number of hydrogen-bond donors (Lipinski definition) is 0. The molecule has 9 heteroatoms. The Balaban J connectivity index is 2.27. The smallest absolute Gasteiger partial charge is 0.400 e. The number of hydrogen-bond acceptors (Lipinski definition) is 6. The van der Waals surface area contributed by atoms with E-state index in [1.807, 2.05) is 0 Å². The van der Waals surface area contributed by atoms with Crippen LogP contribution in [0.1, 0.15) is 136 Å². The summed E-state index contributed by atoms with van der Waals surface area (Å²) in [7, 11) is -2.42. The summed E-state index contributed by atoms with van der Waals surface area (Å²) >= 11 is 0. The zero-order chi connectivity index (χ0) is 23.8. The van der Waals surface area contributed by atoms with E-state index >= 15 is 0 Å². The highest BCUT2D eigenvalue weighted by Gasteiger charge is 2.46. The van der Waals surface area contributed by atoms with Crippen LogP contribution in [0.25, 0.3) is 0 Å². The normalized spacial score (nSPS) is 14.5. The average molecular weight is 468 g/mol. The van der Waals surface area contributed by atoms with E-state index in [2.05, 4.69) is 20.8 Å². The minimum absolute atomic E-state index is 0.602. The van der Waals surface area contributed by atoms with Crippen molar-refractivity contribution in [1.82, 2.24) is 0 Å². The van der Waals surface area contributed by atoms with Crippen LogP contribution in [-0.2, 0) is 27.7 Å². The van der Waals surface area contributed by atoms with Crippen molar-refractivity contribution < 1.29 is 27.7 Å². The number of unbranched alkanes of at least 4 members (excludes halogenated alkanes) is 15. The van der Waals surface area contributed by atoms with Crippen LogP contribution < -0.4 is 0 Å². The monoisotopic (exact) mass is 468 g/mol. The van der Waals surface area contributed by atoms with Gasteiger partial charge in [-0.05, 0) is 19.3 Å². The summed E-state index contributed by atoms with van der Waals surface area (Å²) in [5.41, 5.74) is 0. The molecular weight excluding hydrogens is 417 g/mol. The molecule has 0 amide bonds. The lowest BCUT2D eigenvalue weighted by atomic mass is 9.96. The van der Waals surface area contributed by atoms with E-state index in [1.54, 1.807) is 0 Å². The largest absolute Gasteiger partial charge is 0.615 e. The zero-order valence-electron chi connectivity index (χ0n) is 22.0. The topological polar surface area (TPSA) is 55.4 Å². The Hall–Kier alpha value is -0.0452. The predicted molar refractivity (Wildman–Crippen MR) is 139 cm³/mol. The van der Waals surface area contributed by atoms with E-state index in [4.69, 9.17) is 27.7 Å². The Bertz CT molecular complexity index is 345. The summed E-state index contributed by atoms with van der Waals surface area (Å²) < 4.78 is 34.6. The quantitative estimate of drug-likeness (QED) is 0.111. The molecule has 0 aromatic rings. The summed E-state index contributed by atoms with van der Waals surface area (Å²) in [6.07, 6.45) is 21.9. The fraction of sp³-hybridized carbons (Fsp3) is 1.00. The van der Waals surface area contributed by atoms with Crippen LogP contribution in [0.4, 0.5) is 0 Å². The van der Waals surface area contributed by atoms with Crippen LogP contribution in [0.3, 0.4) is 0 Å². The van der Waals surface area contributed by atoms with Gasteiger partial charge in [-0.15, -0.1) is 0 Å². The highest BCUT2D eigenvalue weighted by molar-refractivity contribution is 6.66. The van der Waals surface area contributed by atoms with Crippen molar-refractivity contribution in [2.45, 2.75) is 136 Å². The van der Waals surface area contributed by atoms with Crippen LogP contribution in [0.5, 0.6) is 0 Å². The molecule has 0 atom stereocenters. The van der Waals surface area contributed by atoms with Crippen LogP contribution in [0.2, 0.25) is 0 Å². The van der Waals surface area contributed by atoms with Gasteiger partial charge in [0.15, 0.2) is 0 Å². The standard InChI is InChI=1S/C24H51B3O6/c1-4-7-10-13-16-19-22-28-25-31-26(29-23-20-17-14-11-8-5-2)33-27(32-25)30-24-21-18-15-12-9-6-3/h4-24H2,1-3H3. The third-order valence-electron chi connectivity index (χ3n) is 5.92. The van der Waals surface area contributed by atoms with Crippen molar-refractivity contribution in [3.05, 3.63) is 0 Å². The third-order valence-corrected chi connectivity index (χ3v) is 5.92. The molecule has 1 aliphatic heterocycles. The Morgan fingerprint density at radius 3 is 0.879 bits per heavy atom. The highest BCUT2D eigenvalue weighted by Crippen LogP contribution is 2.14. The molecule has 0 aromatic heterocycles. The van der Waals surface area contributed by atoms with E-state index in [9.17, 15) is 0 Å². The second-order valence-electron chi connectivity index (χ2n) is 9.19. The van der Waals surface area contributed by atoms with Crippen LogP contribution in [0, 0.1) is 0 Å². The van der Waals surface area contributed by atoms with Crippen molar-refractivity contribution in [1.29, 1.82) is 0 Å². The minimum Gasteiger partial charge on any atom is -0.400 e. The molecule has 1 heterocycles. The van der Waals surface area contributed by atoms with E-state index in [1.165, 1.54) is 96.3 Å². The first-order chi connectivity index (χ1) is 16.3. The average Bonchev–Trinajstić information content (AvgIpc) is 2.82. The Kier molecular flexibility index (Phi) is 22.2. The van der Waals surface area contributed by atoms with Gasteiger partial charge in [0.1, 0.15) is 0 Å². The van der Waals surface area contributed by atoms with Gasteiger partial charge in [-0.1, -0.05) is 117 Å². The van der Waals surface area contributed by atoms with Crippen molar-refractivity contribution in [2.75, 3.05) is 19.8 Å². The second-order valence-corrected chi connectivity index (χ2v) is 9.19. The first-order valence-corrected chi connectivity index (χ1v) is 14.1. The van der Waals surface area contributed by atoms with Gasteiger partial charge in [0.2, 0.25) is 0 Å². The summed E-state index contributed by atoms with van der Waals surface area (Å²) in [6, 6.07) is 0. The molecule has 1 aliphatic rings. The fourth-order valence-corrected chi connectivity index (χ4v) is 3.79. The van der Waals surface area contributed by atoms with Crippen molar-refractivity contribution in [3.8, 4) is 0 Å². The molecule has 0 saturated carbocycles. The Labute approximate surface area is 206 Å². The molecular formula is C24H51B3O6. The molecule has 0 aliphatic carbocycles. The van der Waals surface area contributed by atoms with E-state index in [0.29, 0.717) is 19.8 Å². The summed E-state index contributed by atoms with van der Waals surface area (Å²) in [6.45, 7) is 8.51. The molecule has 0 unspecified atom stereocenters. The van der Waals surface area contributed by atoms with Crippen molar-refractivity contribution in [3.63, 3.8) is 0 Å². The lowest BCUT2D eigenvalue weighted by molar-refractivity contribution is 0.0647. The highest BCUT2D eigenvalue weighted by atomic mass is 16.9. The maximum Gasteiger partial charge on any atom is 0.615 e. The molecule has 0 aromatic carbocycles. The molecule has 192 valence electrons. The first-order valence-electron chi connectivity index (χ1n) is 14.1. The fourth-order valence-electron chi connectivity index (χ4n) is 3.79. The van der Waals surface area contributed by atoms with E-state index in [0.717, 1.165) is 19.3 Å². The lowest BCUT2D eigenvalue weighted by Crippen LogP contribution is -2.53. The maximum absolute atomic E-state index is 5.81. The molecule has 1 saturated heterocycles. The van der Waals surface area contributed by atoms with Gasteiger partial charge >= 0.3 is 22.0 Å². The van der Waals surface area contributed by atoms with Gasteiger partial charge < -0.3 is 27.7 Å². The molecule has 33 heavy (non-hydrogen) atoms. The SMILES string of the molecule is CCCCCCCCOB1OB(OCCCCCCCC)OB(OCCCCCCCC)O1. The molecule has 1 rings (SSSR count). The van der Waals surface area contributed by atoms with Gasteiger partial charge in [-0.2, -0.15) is 0 Å². The minimum atomic E-state index is -0.807. The molecule has 0 bridgehead atoms. The Morgan fingerprint density at radius 1 is 0.364 bits per heavy atom. The summed E-state index contributed by atoms with van der Waals surface area (Å²) in [5, 5.41) is 0. The van der Waals surface area contributed by atoms with Crippen LogP contribution >= 0.6 is 0 Å². The van der Waals surface area contributed by atoms with E-state index in [-0.39, 0.29) is 0 Å². The van der Waals surface area contributed by atoms with Crippen LogP contribution in [-0.4, -0.2) is 41.8 Å². The molecule has 6 nitrogen and oxygen atoms in total. The molecule has 0 spiro atoms. The third kappa shape index (κ3) is 18.9. The Morgan fingerprint density at radius 2 is 0.606 bits per heavy atom. The molecule has 0 radical (unpaired) electrons. The number of rotatable bonds is 24. The summed E-state index contributed by atoms with van der Waals surface area (Å²) in [5.74, 6) is 0. The first kappa shape index (κ1) is 31.0. The van der Waals surface area contributed by atoms with Gasteiger partial charge in [-0.3, -0.25) is 0 Å². The van der Waals surface area contributed by atoms with Crippen LogP contribution in [0.15, 0.2) is 0 Å².